The van der Waals surface area contributed by atoms with E-state index >= 15 is 0 Å². The Labute approximate surface area is 215 Å². The van der Waals surface area contributed by atoms with Gasteiger partial charge >= 0.3 is 0 Å². The summed E-state index contributed by atoms with van der Waals surface area (Å²) in [5, 5.41) is 18.2. The molecule has 0 saturated carbocycles. The van der Waals surface area contributed by atoms with E-state index in [1.54, 1.807) is 42.1 Å². The SMILES string of the molecule is COc1cccc(OC)c1-n1c(CS(=O)(=O)[C@@H](C)[C@@H](O)c2cnc(C)cn2)nnc1-c1cncc(C)c1. The second-order valence-corrected chi connectivity index (χ2v) is 10.9. The van der Waals surface area contributed by atoms with E-state index < -0.39 is 26.9 Å². The molecule has 0 radical (unpaired) electrons. The highest BCUT2D eigenvalue weighted by molar-refractivity contribution is 7.91. The molecule has 194 valence electrons. The molecule has 2 atom stereocenters. The number of benzene rings is 1. The zero-order chi connectivity index (χ0) is 26.7. The van der Waals surface area contributed by atoms with Crippen molar-refractivity contribution < 1.29 is 23.0 Å². The molecule has 0 spiro atoms. The van der Waals surface area contributed by atoms with Crippen molar-refractivity contribution in [3.63, 3.8) is 0 Å². The average molecular weight is 525 g/mol. The third-order valence-electron chi connectivity index (χ3n) is 5.93. The number of ether oxygens (including phenoxy) is 2. The van der Waals surface area contributed by atoms with Crippen LogP contribution >= 0.6 is 0 Å². The number of nitrogens with zero attached hydrogens (tertiary/aromatic N) is 6. The minimum Gasteiger partial charge on any atom is -0.494 e. The normalized spacial score (nSPS) is 13.2. The van der Waals surface area contributed by atoms with E-state index in [1.807, 2.05) is 13.0 Å². The first-order valence-electron chi connectivity index (χ1n) is 11.4. The maximum atomic E-state index is 13.5. The molecule has 12 heteroatoms. The zero-order valence-electron chi connectivity index (χ0n) is 21.2. The molecule has 4 aromatic rings. The Morgan fingerprint density at radius 2 is 1.70 bits per heavy atom. The van der Waals surface area contributed by atoms with Crippen molar-refractivity contribution in [3.05, 3.63) is 71.8 Å². The smallest absolute Gasteiger partial charge is 0.170 e. The lowest BCUT2D eigenvalue weighted by molar-refractivity contribution is 0.170. The highest BCUT2D eigenvalue weighted by Crippen LogP contribution is 2.37. The van der Waals surface area contributed by atoms with Gasteiger partial charge in [0.25, 0.3) is 0 Å². The first kappa shape index (κ1) is 26.2. The number of methoxy groups -OCH3 is 2. The topological polar surface area (TPSA) is 142 Å². The van der Waals surface area contributed by atoms with Crippen molar-refractivity contribution >= 4 is 9.84 Å². The number of aliphatic hydroxyl groups is 1. The minimum atomic E-state index is -3.96. The first-order chi connectivity index (χ1) is 17.7. The summed E-state index contributed by atoms with van der Waals surface area (Å²) in [6, 6.07) is 7.10. The summed E-state index contributed by atoms with van der Waals surface area (Å²) in [7, 11) is -0.940. The monoisotopic (exact) mass is 524 g/mol. The Kier molecular flexibility index (Phi) is 7.50. The Bertz CT molecular complexity index is 1480. The lowest BCUT2D eigenvalue weighted by atomic mass is 10.2. The molecule has 0 aliphatic carbocycles. The summed E-state index contributed by atoms with van der Waals surface area (Å²) in [4.78, 5) is 12.5. The highest BCUT2D eigenvalue weighted by atomic mass is 32.2. The number of para-hydroxylation sites is 1. The Morgan fingerprint density at radius 3 is 2.30 bits per heavy atom. The molecular formula is C25H28N6O5S. The lowest BCUT2D eigenvalue weighted by Crippen LogP contribution is -2.28. The van der Waals surface area contributed by atoms with Gasteiger partial charge in [-0.05, 0) is 44.5 Å². The average Bonchev–Trinajstić information content (AvgIpc) is 3.29. The number of hydrogen-bond acceptors (Lipinski definition) is 10. The van der Waals surface area contributed by atoms with Crippen LogP contribution in [0.1, 0.15) is 35.8 Å². The number of sulfone groups is 1. The van der Waals surface area contributed by atoms with Crippen LogP contribution in [-0.4, -0.2) is 62.7 Å². The molecule has 0 fully saturated rings. The largest absolute Gasteiger partial charge is 0.494 e. The number of rotatable bonds is 9. The molecule has 4 rings (SSSR count). The minimum absolute atomic E-state index is 0.119. The van der Waals surface area contributed by atoms with Gasteiger partial charge in [-0.1, -0.05) is 6.07 Å². The van der Waals surface area contributed by atoms with Crippen molar-refractivity contribution in [3.8, 4) is 28.6 Å². The summed E-state index contributed by atoms with van der Waals surface area (Å²) >= 11 is 0. The number of hydrogen-bond donors (Lipinski definition) is 1. The van der Waals surface area contributed by atoms with Gasteiger partial charge in [0.2, 0.25) is 0 Å². The van der Waals surface area contributed by atoms with E-state index in [0.29, 0.717) is 34.3 Å². The number of aromatic nitrogens is 6. The molecule has 0 unspecified atom stereocenters. The van der Waals surface area contributed by atoms with E-state index in [9.17, 15) is 13.5 Å². The van der Waals surface area contributed by atoms with Crippen LogP contribution in [0.4, 0.5) is 0 Å². The standard InChI is InChI=1S/C25H28N6O5S/c1-15-9-18(12-26-10-15)25-30-29-22(31(25)23-20(35-4)7-6-8-21(23)36-5)14-37(33,34)17(3)24(32)19-13-27-16(2)11-28-19/h6-13,17,24,32H,14H2,1-5H3/t17-,24+/m0/s1. The maximum absolute atomic E-state index is 13.5. The third kappa shape index (κ3) is 5.30. The van der Waals surface area contributed by atoms with Gasteiger partial charge in [0.1, 0.15) is 29.0 Å². The quantitative estimate of drug-likeness (QED) is 0.347. The van der Waals surface area contributed by atoms with E-state index in [2.05, 4.69) is 25.1 Å². The van der Waals surface area contributed by atoms with Crippen LogP contribution in [0.5, 0.6) is 11.5 Å². The molecule has 3 aromatic heterocycles. The maximum Gasteiger partial charge on any atom is 0.170 e. The third-order valence-corrected chi connectivity index (χ3v) is 7.99. The fourth-order valence-corrected chi connectivity index (χ4v) is 5.21. The molecule has 3 heterocycles. The lowest BCUT2D eigenvalue weighted by Gasteiger charge is -2.20. The first-order valence-corrected chi connectivity index (χ1v) is 13.1. The fourth-order valence-electron chi connectivity index (χ4n) is 3.86. The summed E-state index contributed by atoms with van der Waals surface area (Å²) in [6.07, 6.45) is 4.80. The van der Waals surface area contributed by atoms with E-state index in [4.69, 9.17) is 9.47 Å². The van der Waals surface area contributed by atoms with Gasteiger partial charge in [-0.25, -0.2) is 8.42 Å². The van der Waals surface area contributed by atoms with Gasteiger partial charge in [0.15, 0.2) is 21.5 Å². The molecule has 1 N–H and O–H groups in total. The van der Waals surface area contributed by atoms with Crippen molar-refractivity contribution in [2.75, 3.05) is 14.2 Å². The van der Waals surface area contributed by atoms with Crippen LogP contribution in [0.25, 0.3) is 17.1 Å². The van der Waals surface area contributed by atoms with Crippen LogP contribution in [0.2, 0.25) is 0 Å². The molecule has 0 bridgehead atoms. The van der Waals surface area contributed by atoms with Crippen LogP contribution in [0.15, 0.2) is 49.1 Å². The number of aliphatic hydroxyl groups excluding tert-OH is 1. The Morgan fingerprint density at radius 1 is 1.00 bits per heavy atom. The van der Waals surface area contributed by atoms with E-state index in [-0.39, 0.29) is 11.5 Å². The molecule has 1 aromatic carbocycles. The van der Waals surface area contributed by atoms with E-state index in [1.165, 1.54) is 33.5 Å². The molecule has 0 saturated heterocycles. The van der Waals surface area contributed by atoms with Gasteiger partial charge in [0, 0.05) is 24.2 Å². The van der Waals surface area contributed by atoms with Gasteiger partial charge in [0.05, 0.1) is 37.1 Å². The molecule has 0 aliphatic heterocycles. The van der Waals surface area contributed by atoms with Crippen molar-refractivity contribution in [1.29, 1.82) is 0 Å². The summed E-state index contributed by atoms with van der Waals surface area (Å²) in [5.41, 5.74) is 2.79. The molecule has 37 heavy (non-hydrogen) atoms. The summed E-state index contributed by atoms with van der Waals surface area (Å²) in [5.74, 6) is 0.832. The second-order valence-electron chi connectivity index (χ2n) is 8.58. The summed E-state index contributed by atoms with van der Waals surface area (Å²) in [6.45, 7) is 5.07. The fraction of sp³-hybridized carbons (Fsp3) is 0.320. The van der Waals surface area contributed by atoms with Crippen LogP contribution in [0.3, 0.4) is 0 Å². The molecular weight excluding hydrogens is 496 g/mol. The van der Waals surface area contributed by atoms with Crippen LogP contribution < -0.4 is 9.47 Å². The van der Waals surface area contributed by atoms with E-state index in [0.717, 1.165) is 5.56 Å². The summed E-state index contributed by atoms with van der Waals surface area (Å²) < 4.78 is 39.8. The van der Waals surface area contributed by atoms with Crippen LogP contribution in [0, 0.1) is 13.8 Å². The molecule has 11 nitrogen and oxygen atoms in total. The van der Waals surface area contributed by atoms with Gasteiger partial charge in [-0.15, -0.1) is 10.2 Å². The Balaban J connectivity index is 1.83. The van der Waals surface area contributed by atoms with Gasteiger partial charge in [-0.2, -0.15) is 0 Å². The van der Waals surface area contributed by atoms with Gasteiger partial charge < -0.3 is 14.6 Å². The number of pyridine rings is 1. The second kappa shape index (κ2) is 10.6. The van der Waals surface area contributed by atoms with Crippen molar-refractivity contribution in [2.24, 2.45) is 0 Å². The Hall–Kier alpha value is -3.90. The predicted octanol–water partition coefficient (Wildman–Crippen LogP) is 2.79. The van der Waals surface area contributed by atoms with Gasteiger partial charge in [-0.3, -0.25) is 19.5 Å². The zero-order valence-corrected chi connectivity index (χ0v) is 22.0. The molecule has 0 amide bonds. The molecule has 0 aliphatic rings. The highest BCUT2D eigenvalue weighted by Gasteiger charge is 2.33. The van der Waals surface area contributed by atoms with Crippen LogP contribution in [-0.2, 0) is 15.6 Å². The predicted molar refractivity (Wildman–Crippen MR) is 136 cm³/mol. The van der Waals surface area contributed by atoms with Crippen molar-refractivity contribution in [1.82, 2.24) is 29.7 Å². The number of aryl methyl sites for hydroxylation is 2. The van der Waals surface area contributed by atoms with Crippen molar-refractivity contribution in [2.45, 2.75) is 37.9 Å².